The molecule has 0 radical (unpaired) electrons. The molecule has 1 heterocycles. The Hall–Kier alpha value is -2.03. The molecule has 2 rings (SSSR count). The predicted molar refractivity (Wildman–Crippen MR) is 135 cm³/mol. The first kappa shape index (κ1) is 26.2. The third kappa shape index (κ3) is 8.15. The molecule has 1 N–H and O–H groups in total. The molecule has 178 valence electrons. The molecule has 0 bridgehead atoms. The number of ether oxygens (including phenoxy) is 1. The van der Waals surface area contributed by atoms with Crippen molar-refractivity contribution < 1.29 is 14.6 Å². The van der Waals surface area contributed by atoms with Crippen LogP contribution < -0.4 is 4.74 Å². The third-order valence-electron chi connectivity index (χ3n) is 6.65. The van der Waals surface area contributed by atoms with Crippen LogP contribution in [0, 0.1) is 13.8 Å². The lowest BCUT2D eigenvalue weighted by molar-refractivity contribution is 0.0445. The molecule has 0 spiro atoms. The summed E-state index contributed by atoms with van der Waals surface area (Å²) in [5, 5.41) is 10.0. The quantitative estimate of drug-likeness (QED) is 0.233. The van der Waals surface area contributed by atoms with Gasteiger partial charge in [0.1, 0.15) is 17.1 Å². The average Bonchev–Trinajstić information content (AvgIpc) is 2.76. The number of phenols is 1. The largest absolute Gasteiger partial charge is 0.508 e. The number of allylic oxidation sites excluding steroid dienone is 4. The molecule has 1 atom stereocenters. The van der Waals surface area contributed by atoms with Crippen LogP contribution >= 0.6 is 0 Å². The highest BCUT2D eigenvalue weighted by atomic mass is 16.5. The highest BCUT2D eigenvalue weighted by molar-refractivity contribution is 6.01. The number of aromatic hydroxyl groups is 1. The number of benzene rings is 1. The van der Waals surface area contributed by atoms with Gasteiger partial charge in [-0.3, -0.25) is 4.79 Å². The van der Waals surface area contributed by atoms with E-state index in [-0.39, 0.29) is 11.5 Å². The monoisotopic (exact) mass is 440 g/mol. The summed E-state index contributed by atoms with van der Waals surface area (Å²) in [4.78, 5) is 12.7. The third-order valence-corrected chi connectivity index (χ3v) is 6.65. The van der Waals surface area contributed by atoms with Gasteiger partial charge in [0.05, 0.1) is 12.0 Å². The molecule has 0 aliphatic carbocycles. The molecule has 0 saturated heterocycles. The number of carbonyl (C=O) groups excluding carboxylic acids is 1. The number of Topliss-reactive ketones (excluding diaryl/α,β-unsaturated/α-hetero) is 1. The molecule has 32 heavy (non-hydrogen) atoms. The Balaban J connectivity index is 1.61. The van der Waals surface area contributed by atoms with E-state index < -0.39 is 5.60 Å². The Morgan fingerprint density at radius 3 is 2.25 bits per heavy atom. The van der Waals surface area contributed by atoms with Crippen LogP contribution in [0.2, 0.25) is 0 Å². The van der Waals surface area contributed by atoms with Gasteiger partial charge in [0.25, 0.3) is 0 Å². The van der Waals surface area contributed by atoms with Gasteiger partial charge in [0, 0.05) is 0 Å². The fourth-order valence-electron chi connectivity index (χ4n) is 4.38. The van der Waals surface area contributed by atoms with E-state index in [0.29, 0.717) is 17.7 Å². The van der Waals surface area contributed by atoms with E-state index in [1.807, 2.05) is 13.8 Å². The lowest BCUT2D eigenvalue weighted by Gasteiger charge is -2.36. The van der Waals surface area contributed by atoms with Crippen LogP contribution in [0.15, 0.2) is 30.4 Å². The van der Waals surface area contributed by atoms with Gasteiger partial charge in [-0.05, 0) is 82.9 Å². The zero-order chi connectivity index (χ0) is 23.4. The van der Waals surface area contributed by atoms with Gasteiger partial charge >= 0.3 is 0 Å². The normalized spacial score (nSPS) is 18.4. The van der Waals surface area contributed by atoms with E-state index in [2.05, 4.69) is 38.2 Å². The molecule has 1 aliphatic rings. The van der Waals surface area contributed by atoms with Crippen LogP contribution in [0.25, 0.3) is 0 Å². The number of carbonyl (C=O) groups is 1. The van der Waals surface area contributed by atoms with Crippen molar-refractivity contribution in [2.45, 2.75) is 117 Å². The fraction of sp³-hybridized carbons (Fsp3) is 0.621. The van der Waals surface area contributed by atoms with E-state index in [1.54, 1.807) is 6.07 Å². The second kappa shape index (κ2) is 13.5. The van der Waals surface area contributed by atoms with Crippen LogP contribution in [0.5, 0.6) is 11.5 Å². The van der Waals surface area contributed by atoms with Crippen molar-refractivity contribution in [3.63, 3.8) is 0 Å². The van der Waals surface area contributed by atoms with Crippen LogP contribution in [0.1, 0.15) is 119 Å². The minimum absolute atomic E-state index is 0.0785. The van der Waals surface area contributed by atoms with Crippen molar-refractivity contribution >= 4 is 5.78 Å². The number of ketones is 1. The summed E-state index contributed by atoms with van der Waals surface area (Å²) in [6.45, 7) is 8.09. The molecule has 1 aromatic carbocycles. The zero-order valence-electron chi connectivity index (χ0n) is 20.8. The SMILES string of the molecule is CCCCC/C=C/C/C=C/CCCCCCCC1(C)CC(=O)c2cc(O)c(C)c(C)c2O1. The molecule has 0 amide bonds. The van der Waals surface area contributed by atoms with Gasteiger partial charge in [-0.2, -0.15) is 0 Å². The van der Waals surface area contributed by atoms with Crippen LogP contribution in [-0.4, -0.2) is 16.5 Å². The maximum Gasteiger partial charge on any atom is 0.170 e. The number of fused-ring (bicyclic) bond motifs is 1. The number of phenolic OH excluding ortho intramolecular Hbond substituents is 1. The van der Waals surface area contributed by atoms with Gasteiger partial charge in [-0.15, -0.1) is 0 Å². The molecule has 1 unspecified atom stereocenters. The van der Waals surface area contributed by atoms with E-state index in [9.17, 15) is 9.90 Å². The van der Waals surface area contributed by atoms with Crippen molar-refractivity contribution in [3.8, 4) is 11.5 Å². The Morgan fingerprint density at radius 2 is 1.56 bits per heavy atom. The zero-order valence-corrected chi connectivity index (χ0v) is 20.8. The number of hydrogen-bond donors (Lipinski definition) is 1. The van der Waals surface area contributed by atoms with E-state index in [0.717, 1.165) is 30.4 Å². The van der Waals surface area contributed by atoms with Crippen molar-refractivity contribution in [1.82, 2.24) is 0 Å². The summed E-state index contributed by atoms with van der Waals surface area (Å²) < 4.78 is 6.33. The molecular weight excluding hydrogens is 396 g/mol. The number of unbranched alkanes of at least 4 members (excludes halogenated alkanes) is 8. The van der Waals surface area contributed by atoms with Crippen LogP contribution in [0.4, 0.5) is 0 Å². The first-order chi connectivity index (χ1) is 15.4. The maximum absolute atomic E-state index is 12.7. The predicted octanol–water partition coefficient (Wildman–Crippen LogP) is 8.55. The van der Waals surface area contributed by atoms with E-state index in [1.165, 1.54) is 57.8 Å². The summed E-state index contributed by atoms with van der Waals surface area (Å²) in [6.07, 6.45) is 23.9. The number of hydrogen-bond acceptors (Lipinski definition) is 3. The topological polar surface area (TPSA) is 46.5 Å². The van der Waals surface area contributed by atoms with Crippen molar-refractivity contribution in [1.29, 1.82) is 0 Å². The molecule has 3 heteroatoms. The van der Waals surface area contributed by atoms with Crippen molar-refractivity contribution in [2.75, 3.05) is 0 Å². The Bertz CT molecular complexity index is 790. The molecular formula is C29H44O3. The highest BCUT2D eigenvalue weighted by Crippen LogP contribution is 2.41. The van der Waals surface area contributed by atoms with E-state index in [4.69, 9.17) is 4.74 Å². The maximum atomic E-state index is 12.7. The minimum atomic E-state index is -0.439. The lowest BCUT2D eigenvalue weighted by atomic mass is 9.85. The number of rotatable bonds is 14. The molecule has 3 nitrogen and oxygen atoms in total. The Morgan fingerprint density at radius 1 is 0.938 bits per heavy atom. The van der Waals surface area contributed by atoms with Gasteiger partial charge < -0.3 is 9.84 Å². The van der Waals surface area contributed by atoms with Crippen LogP contribution in [0.3, 0.4) is 0 Å². The molecule has 0 aromatic heterocycles. The smallest absolute Gasteiger partial charge is 0.170 e. The van der Waals surface area contributed by atoms with E-state index >= 15 is 0 Å². The molecule has 0 fully saturated rings. The molecule has 1 aromatic rings. The Labute approximate surface area is 196 Å². The second-order valence-corrected chi connectivity index (χ2v) is 9.66. The molecule has 1 aliphatic heterocycles. The van der Waals surface area contributed by atoms with Crippen molar-refractivity contribution in [2.24, 2.45) is 0 Å². The summed E-state index contributed by atoms with van der Waals surface area (Å²) in [5.41, 5.74) is 1.76. The highest BCUT2D eigenvalue weighted by Gasteiger charge is 2.37. The summed E-state index contributed by atoms with van der Waals surface area (Å²) in [5.74, 6) is 0.923. The first-order valence-electron chi connectivity index (χ1n) is 12.7. The van der Waals surface area contributed by atoms with Gasteiger partial charge in [-0.1, -0.05) is 63.3 Å². The average molecular weight is 441 g/mol. The minimum Gasteiger partial charge on any atom is -0.508 e. The van der Waals surface area contributed by atoms with Crippen LogP contribution in [-0.2, 0) is 0 Å². The second-order valence-electron chi connectivity index (χ2n) is 9.66. The summed E-state index contributed by atoms with van der Waals surface area (Å²) >= 11 is 0. The first-order valence-corrected chi connectivity index (χ1v) is 12.7. The van der Waals surface area contributed by atoms with Gasteiger partial charge in [0.15, 0.2) is 5.78 Å². The Kier molecular flexibility index (Phi) is 11.1. The van der Waals surface area contributed by atoms with Crippen molar-refractivity contribution in [3.05, 3.63) is 47.1 Å². The fourth-order valence-corrected chi connectivity index (χ4v) is 4.38. The molecule has 0 saturated carbocycles. The standard InChI is InChI=1S/C29H44O3/c1-5-6-7-8-9-10-11-12-13-14-15-16-17-18-19-20-29(4)22-27(31)25-21-26(30)23(2)24(3)28(25)32-29/h9-10,12-13,21,30H,5-8,11,14-20,22H2,1-4H3/b10-9+,13-12+. The van der Waals surface area contributed by atoms with Gasteiger partial charge in [0.2, 0.25) is 0 Å². The summed E-state index contributed by atoms with van der Waals surface area (Å²) in [6, 6.07) is 1.57. The van der Waals surface area contributed by atoms with Gasteiger partial charge in [-0.25, -0.2) is 0 Å². The summed E-state index contributed by atoms with van der Waals surface area (Å²) in [7, 11) is 0. The lowest BCUT2D eigenvalue weighted by Crippen LogP contribution is -2.39.